The zero-order chi connectivity index (χ0) is 14.8. The van der Waals surface area contributed by atoms with Gasteiger partial charge in [0.2, 0.25) is 0 Å². The molecule has 1 aromatic heterocycles. The maximum absolute atomic E-state index is 11.9. The topological polar surface area (TPSA) is 71.5 Å². The molecule has 1 saturated carbocycles. The zero-order valence-corrected chi connectivity index (χ0v) is 12.2. The molecule has 0 bridgehead atoms. The Balaban J connectivity index is 1.93. The maximum atomic E-state index is 11.9. The predicted octanol–water partition coefficient (Wildman–Crippen LogP) is 1.38. The van der Waals surface area contributed by atoms with E-state index in [2.05, 4.69) is 10.3 Å². The minimum Gasteiger partial charge on any atom is -0.387 e. The Morgan fingerprint density at radius 3 is 2.85 bits per heavy atom. The first-order valence-electron chi connectivity index (χ1n) is 6.94. The van der Waals surface area contributed by atoms with E-state index in [1.165, 1.54) is 0 Å². The number of hydrogen-bond acceptors (Lipinski definition) is 4. The highest BCUT2D eigenvalue weighted by Crippen LogP contribution is 2.50. The van der Waals surface area contributed by atoms with Gasteiger partial charge in [0, 0.05) is 31.2 Å². The van der Waals surface area contributed by atoms with Gasteiger partial charge in [-0.1, -0.05) is 19.9 Å². The second-order valence-corrected chi connectivity index (χ2v) is 5.80. The fourth-order valence-electron chi connectivity index (χ4n) is 2.58. The quantitative estimate of drug-likeness (QED) is 0.853. The van der Waals surface area contributed by atoms with Gasteiger partial charge >= 0.3 is 0 Å². The van der Waals surface area contributed by atoms with Gasteiger partial charge in [-0.2, -0.15) is 0 Å². The Morgan fingerprint density at radius 2 is 2.30 bits per heavy atom. The molecule has 0 aromatic carbocycles. The molecule has 2 N–H and O–H groups in total. The number of pyridine rings is 1. The van der Waals surface area contributed by atoms with Crippen molar-refractivity contribution in [2.75, 3.05) is 13.2 Å². The number of carbonyl (C=O) groups is 1. The van der Waals surface area contributed by atoms with Crippen LogP contribution in [0.1, 0.15) is 37.7 Å². The van der Waals surface area contributed by atoms with E-state index in [0.29, 0.717) is 18.7 Å². The molecule has 1 heterocycles. The molecule has 1 fully saturated rings. The monoisotopic (exact) mass is 278 g/mol. The van der Waals surface area contributed by atoms with E-state index in [1.807, 2.05) is 20.8 Å². The van der Waals surface area contributed by atoms with Crippen molar-refractivity contribution in [2.45, 2.75) is 38.9 Å². The fourth-order valence-corrected chi connectivity index (χ4v) is 2.58. The van der Waals surface area contributed by atoms with Crippen molar-refractivity contribution in [1.82, 2.24) is 10.3 Å². The van der Waals surface area contributed by atoms with Gasteiger partial charge in [0.05, 0.1) is 11.7 Å². The van der Waals surface area contributed by atoms with Crippen molar-refractivity contribution in [3.63, 3.8) is 0 Å². The van der Waals surface area contributed by atoms with Gasteiger partial charge in [0.1, 0.15) is 5.69 Å². The molecule has 5 heteroatoms. The van der Waals surface area contributed by atoms with Crippen LogP contribution in [-0.4, -0.2) is 40.9 Å². The number of amides is 1. The maximum Gasteiger partial charge on any atom is 0.269 e. The van der Waals surface area contributed by atoms with Crippen molar-refractivity contribution >= 4 is 5.91 Å². The van der Waals surface area contributed by atoms with Crippen LogP contribution in [0.25, 0.3) is 0 Å². The van der Waals surface area contributed by atoms with Gasteiger partial charge in [0.25, 0.3) is 5.91 Å². The average Bonchev–Trinajstić information content (AvgIpc) is 2.45. The Labute approximate surface area is 119 Å². The standard InChI is InChI=1S/C15H22N2O3/c1-4-20-12-9-15(19,14(12,2)3)10-17-13(18)11-7-5-6-8-16-11/h5-8,12,19H,4,9-10H2,1-3H3,(H,17,18)/t12-,15-/m1/s1. The van der Waals surface area contributed by atoms with E-state index >= 15 is 0 Å². The molecule has 2 rings (SSSR count). The smallest absolute Gasteiger partial charge is 0.269 e. The largest absolute Gasteiger partial charge is 0.387 e. The first-order valence-corrected chi connectivity index (χ1v) is 6.94. The first-order chi connectivity index (χ1) is 9.40. The summed E-state index contributed by atoms with van der Waals surface area (Å²) in [5, 5.41) is 13.4. The van der Waals surface area contributed by atoms with E-state index in [0.717, 1.165) is 0 Å². The fraction of sp³-hybridized carbons (Fsp3) is 0.600. The summed E-state index contributed by atoms with van der Waals surface area (Å²) in [7, 11) is 0. The van der Waals surface area contributed by atoms with Gasteiger partial charge in [-0.25, -0.2) is 0 Å². The van der Waals surface area contributed by atoms with Crippen LogP contribution in [0.3, 0.4) is 0 Å². The van der Waals surface area contributed by atoms with Crippen LogP contribution in [-0.2, 0) is 4.74 Å². The van der Waals surface area contributed by atoms with Gasteiger partial charge in [-0.15, -0.1) is 0 Å². The average molecular weight is 278 g/mol. The molecule has 5 nitrogen and oxygen atoms in total. The lowest BCUT2D eigenvalue weighted by molar-refractivity contribution is -0.237. The third-order valence-corrected chi connectivity index (χ3v) is 4.33. The lowest BCUT2D eigenvalue weighted by atomic mass is 9.56. The second-order valence-electron chi connectivity index (χ2n) is 5.80. The number of ether oxygens (including phenoxy) is 1. The molecule has 0 aliphatic heterocycles. The summed E-state index contributed by atoms with van der Waals surface area (Å²) in [5.41, 5.74) is -0.952. The van der Waals surface area contributed by atoms with Crippen molar-refractivity contribution < 1.29 is 14.6 Å². The van der Waals surface area contributed by atoms with Crippen molar-refractivity contribution in [3.05, 3.63) is 30.1 Å². The van der Waals surface area contributed by atoms with Crippen LogP contribution >= 0.6 is 0 Å². The number of aromatic nitrogens is 1. The molecule has 0 radical (unpaired) electrons. The number of rotatable bonds is 5. The lowest BCUT2D eigenvalue weighted by Gasteiger charge is -2.57. The summed E-state index contributed by atoms with van der Waals surface area (Å²) in [4.78, 5) is 15.9. The highest BCUT2D eigenvalue weighted by atomic mass is 16.5. The molecule has 1 aromatic rings. The van der Waals surface area contributed by atoms with Crippen LogP contribution in [0.4, 0.5) is 0 Å². The first kappa shape index (κ1) is 14.9. The number of hydrogen-bond donors (Lipinski definition) is 2. The molecule has 0 unspecified atom stereocenters. The van der Waals surface area contributed by atoms with Crippen LogP contribution in [0.15, 0.2) is 24.4 Å². The van der Waals surface area contributed by atoms with Crippen LogP contribution in [0.5, 0.6) is 0 Å². The molecule has 1 aliphatic rings. The minimum atomic E-state index is -0.933. The highest BCUT2D eigenvalue weighted by molar-refractivity contribution is 5.92. The lowest BCUT2D eigenvalue weighted by Crippen LogP contribution is -2.68. The molecule has 0 saturated heterocycles. The molecule has 110 valence electrons. The van der Waals surface area contributed by atoms with Gasteiger partial charge < -0.3 is 15.2 Å². The van der Waals surface area contributed by atoms with E-state index in [1.54, 1.807) is 24.4 Å². The summed E-state index contributed by atoms with van der Waals surface area (Å²) < 4.78 is 5.59. The third kappa shape index (κ3) is 2.55. The summed E-state index contributed by atoms with van der Waals surface area (Å²) in [6, 6.07) is 5.16. The van der Waals surface area contributed by atoms with E-state index in [-0.39, 0.29) is 24.0 Å². The minimum absolute atomic E-state index is 0.0317. The van der Waals surface area contributed by atoms with E-state index in [4.69, 9.17) is 4.74 Å². The van der Waals surface area contributed by atoms with E-state index < -0.39 is 5.60 Å². The van der Waals surface area contributed by atoms with Gasteiger partial charge in [-0.05, 0) is 19.1 Å². The SMILES string of the molecule is CCO[C@@H]1C[C@@](O)(CNC(=O)c2ccccn2)C1(C)C. The van der Waals surface area contributed by atoms with Crippen molar-refractivity contribution in [2.24, 2.45) is 5.41 Å². The van der Waals surface area contributed by atoms with Crippen molar-refractivity contribution in [3.8, 4) is 0 Å². The molecule has 1 amide bonds. The van der Waals surface area contributed by atoms with Crippen LogP contribution < -0.4 is 5.32 Å². The zero-order valence-electron chi connectivity index (χ0n) is 12.2. The Kier molecular flexibility index (Phi) is 4.11. The molecule has 0 spiro atoms. The Bertz CT molecular complexity index is 475. The summed E-state index contributed by atoms with van der Waals surface area (Å²) in [5.74, 6) is -0.269. The van der Waals surface area contributed by atoms with Crippen LogP contribution in [0, 0.1) is 5.41 Å². The highest BCUT2D eigenvalue weighted by Gasteiger charge is 2.59. The summed E-state index contributed by atoms with van der Waals surface area (Å²) >= 11 is 0. The summed E-state index contributed by atoms with van der Waals surface area (Å²) in [6.07, 6.45) is 2.14. The van der Waals surface area contributed by atoms with Crippen molar-refractivity contribution in [1.29, 1.82) is 0 Å². The van der Waals surface area contributed by atoms with Gasteiger partial charge in [0.15, 0.2) is 0 Å². The van der Waals surface area contributed by atoms with E-state index in [9.17, 15) is 9.90 Å². The van der Waals surface area contributed by atoms with Crippen LogP contribution in [0.2, 0.25) is 0 Å². The number of nitrogens with zero attached hydrogens (tertiary/aromatic N) is 1. The number of aliphatic hydroxyl groups is 1. The predicted molar refractivity (Wildman–Crippen MR) is 75.3 cm³/mol. The molecular weight excluding hydrogens is 256 g/mol. The number of carbonyl (C=O) groups excluding carboxylic acids is 1. The molecule has 2 atom stereocenters. The normalized spacial score (nSPS) is 27.7. The van der Waals surface area contributed by atoms with Gasteiger partial charge in [-0.3, -0.25) is 9.78 Å². The second kappa shape index (κ2) is 5.50. The molecule has 1 aliphatic carbocycles. The molecular formula is C15H22N2O3. The molecule has 20 heavy (non-hydrogen) atoms. The Hall–Kier alpha value is -1.46. The third-order valence-electron chi connectivity index (χ3n) is 4.33. The number of nitrogens with one attached hydrogen (secondary N) is 1. The Morgan fingerprint density at radius 1 is 1.55 bits per heavy atom. The summed E-state index contributed by atoms with van der Waals surface area (Å²) in [6.45, 7) is 6.70.